The van der Waals surface area contributed by atoms with Crippen molar-refractivity contribution in [1.82, 2.24) is 9.97 Å². The van der Waals surface area contributed by atoms with E-state index in [9.17, 15) is 18.4 Å². The quantitative estimate of drug-likeness (QED) is 0.427. The van der Waals surface area contributed by atoms with Crippen LogP contribution in [0.1, 0.15) is 49.2 Å². The fourth-order valence-electron chi connectivity index (χ4n) is 4.45. The Labute approximate surface area is 196 Å². The number of aromatic amines is 1. The van der Waals surface area contributed by atoms with Crippen LogP contribution in [0.4, 0.5) is 26.0 Å². The minimum absolute atomic E-state index is 0.00356. The molecule has 1 fully saturated rings. The predicted molar refractivity (Wildman–Crippen MR) is 126 cm³/mol. The summed E-state index contributed by atoms with van der Waals surface area (Å²) >= 11 is 0. The first-order valence-electron chi connectivity index (χ1n) is 11.6. The first kappa shape index (κ1) is 22.3. The first-order chi connectivity index (χ1) is 16.3. The van der Waals surface area contributed by atoms with Gasteiger partial charge in [0.2, 0.25) is 5.91 Å². The van der Waals surface area contributed by atoms with E-state index < -0.39 is 11.6 Å². The summed E-state index contributed by atoms with van der Waals surface area (Å²) in [5, 5.41) is 5.99. The van der Waals surface area contributed by atoms with E-state index in [1.807, 2.05) is 0 Å². The van der Waals surface area contributed by atoms with Crippen LogP contribution in [0.2, 0.25) is 0 Å². The maximum absolute atomic E-state index is 13.9. The van der Waals surface area contributed by atoms with Crippen molar-refractivity contribution in [1.29, 1.82) is 0 Å². The minimum atomic E-state index is -0.976. The largest absolute Gasteiger partial charge is 0.356 e. The number of hydrogen-bond donors (Lipinski definition) is 3. The molecule has 0 saturated heterocycles. The van der Waals surface area contributed by atoms with Gasteiger partial charge in [0.25, 0.3) is 0 Å². The summed E-state index contributed by atoms with van der Waals surface area (Å²) < 4.78 is 27.4. The summed E-state index contributed by atoms with van der Waals surface area (Å²) in [6, 6.07) is 7.07. The zero-order chi connectivity index (χ0) is 24.0. The number of Topliss-reactive ketones (excluding diaryl/α,β-unsaturated/α-hetero) is 1. The van der Waals surface area contributed by atoms with E-state index in [0.717, 1.165) is 36.2 Å². The average molecular weight is 465 g/mol. The van der Waals surface area contributed by atoms with Gasteiger partial charge in [0.1, 0.15) is 5.82 Å². The molecule has 5 rings (SSSR count). The Morgan fingerprint density at radius 2 is 1.91 bits per heavy atom. The van der Waals surface area contributed by atoms with Crippen molar-refractivity contribution in [3.8, 4) is 11.3 Å². The van der Waals surface area contributed by atoms with Crippen LogP contribution in [-0.4, -0.2) is 21.7 Å². The number of halogens is 2. The molecule has 0 aliphatic heterocycles. The summed E-state index contributed by atoms with van der Waals surface area (Å²) in [6.07, 6.45) is 4.50. The van der Waals surface area contributed by atoms with Crippen molar-refractivity contribution in [3.05, 3.63) is 59.4 Å². The molecule has 1 amide bonds. The molecule has 1 saturated carbocycles. The average Bonchev–Trinajstić information content (AvgIpc) is 3.59. The number of pyridine rings is 1. The zero-order valence-corrected chi connectivity index (χ0v) is 19.0. The van der Waals surface area contributed by atoms with Gasteiger partial charge in [-0.25, -0.2) is 13.8 Å². The molecule has 0 spiro atoms. The van der Waals surface area contributed by atoms with Gasteiger partial charge in [-0.2, -0.15) is 0 Å². The number of nitrogens with zero attached hydrogens (tertiary/aromatic N) is 1. The minimum Gasteiger partial charge on any atom is -0.356 e. The number of nitrogens with one attached hydrogen (secondary N) is 3. The molecule has 176 valence electrons. The number of ketones is 1. The third-order valence-electron chi connectivity index (χ3n) is 6.65. The fraction of sp³-hybridized carbons (Fsp3) is 0.346. The molecule has 6 nitrogen and oxygen atoms in total. The van der Waals surface area contributed by atoms with Gasteiger partial charge in [0.15, 0.2) is 17.4 Å². The van der Waals surface area contributed by atoms with E-state index >= 15 is 0 Å². The molecule has 1 aromatic carbocycles. The van der Waals surface area contributed by atoms with E-state index in [2.05, 4.69) is 34.4 Å². The van der Waals surface area contributed by atoms with Gasteiger partial charge in [0.05, 0.1) is 16.9 Å². The summed E-state index contributed by atoms with van der Waals surface area (Å²) in [6.45, 7) is 4.20. The van der Waals surface area contributed by atoms with Gasteiger partial charge in [-0.05, 0) is 55.4 Å². The van der Waals surface area contributed by atoms with E-state index in [1.165, 1.54) is 6.07 Å². The molecule has 3 N–H and O–H groups in total. The third-order valence-corrected chi connectivity index (χ3v) is 6.65. The van der Waals surface area contributed by atoms with Gasteiger partial charge in [0, 0.05) is 41.5 Å². The van der Waals surface area contributed by atoms with Gasteiger partial charge in [-0.15, -0.1) is 0 Å². The Morgan fingerprint density at radius 1 is 1.12 bits per heavy atom. The van der Waals surface area contributed by atoms with E-state index in [-0.39, 0.29) is 23.5 Å². The summed E-state index contributed by atoms with van der Waals surface area (Å²) in [7, 11) is 0. The second-order valence-electron chi connectivity index (χ2n) is 9.51. The molecular formula is C26H26F2N4O2. The van der Waals surface area contributed by atoms with Crippen molar-refractivity contribution in [2.24, 2.45) is 17.8 Å². The molecule has 3 aromatic rings. The van der Waals surface area contributed by atoms with Crippen molar-refractivity contribution in [3.63, 3.8) is 0 Å². The topological polar surface area (TPSA) is 86.9 Å². The lowest BCUT2D eigenvalue weighted by molar-refractivity contribution is -0.117. The number of fused-ring (bicyclic) bond motifs is 1. The zero-order valence-electron chi connectivity index (χ0n) is 19.0. The Balaban J connectivity index is 1.57. The van der Waals surface area contributed by atoms with Gasteiger partial charge in [-0.1, -0.05) is 13.8 Å². The molecule has 2 aliphatic carbocycles. The molecular weight excluding hydrogens is 438 g/mol. The molecule has 2 heterocycles. The Hall–Kier alpha value is -3.55. The molecule has 1 atom stereocenters. The van der Waals surface area contributed by atoms with Crippen molar-refractivity contribution < 1.29 is 18.4 Å². The molecule has 0 bridgehead atoms. The standard InChI is InChI=1S/C26H26F2N4O2/c1-13(2)16-9-20-23(21(33)10-16)25(30-17-5-6-18(27)19(28)12-17)24(31-20)15-7-8-29-22(11-15)32-26(34)14-3-4-14/h5-8,11-14,16,30-31H,3-4,9-10H2,1-2H3,(H,29,32,34). The Bertz CT molecular complexity index is 1280. The highest BCUT2D eigenvalue weighted by molar-refractivity contribution is 6.07. The molecule has 8 heteroatoms. The van der Waals surface area contributed by atoms with Crippen LogP contribution in [0.3, 0.4) is 0 Å². The highest BCUT2D eigenvalue weighted by Gasteiger charge is 2.33. The van der Waals surface area contributed by atoms with Gasteiger partial charge < -0.3 is 15.6 Å². The fourth-order valence-corrected chi connectivity index (χ4v) is 4.45. The number of aromatic nitrogens is 2. The SMILES string of the molecule is CC(C)C1CC(=O)c2c([nH]c(-c3ccnc(NC(=O)C4CC4)c3)c2Nc2ccc(F)c(F)c2)C1. The normalized spacial score (nSPS) is 17.6. The number of carbonyl (C=O) groups excluding carboxylic acids is 2. The summed E-state index contributed by atoms with van der Waals surface area (Å²) in [4.78, 5) is 33.1. The van der Waals surface area contributed by atoms with Gasteiger partial charge >= 0.3 is 0 Å². The molecule has 2 aromatic heterocycles. The molecule has 0 radical (unpaired) electrons. The monoisotopic (exact) mass is 464 g/mol. The lowest BCUT2D eigenvalue weighted by Crippen LogP contribution is -2.23. The van der Waals surface area contributed by atoms with Crippen LogP contribution in [0.25, 0.3) is 11.3 Å². The van der Waals surface area contributed by atoms with Crippen LogP contribution in [0.5, 0.6) is 0 Å². The third kappa shape index (κ3) is 4.32. The van der Waals surface area contributed by atoms with E-state index in [1.54, 1.807) is 18.3 Å². The number of rotatable bonds is 6. The number of H-pyrrole nitrogens is 1. The second-order valence-corrected chi connectivity index (χ2v) is 9.51. The van der Waals surface area contributed by atoms with Crippen molar-refractivity contribution >= 4 is 28.9 Å². The second kappa shape index (κ2) is 8.66. The summed E-state index contributed by atoms with van der Waals surface area (Å²) in [5.74, 6) is -0.940. The van der Waals surface area contributed by atoms with Crippen LogP contribution in [-0.2, 0) is 11.2 Å². The molecule has 2 aliphatic rings. The molecule has 1 unspecified atom stereocenters. The van der Waals surface area contributed by atoms with E-state index in [0.29, 0.717) is 47.2 Å². The number of amides is 1. The lowest BCUT2D eigenvalue weighted by atomic mass is 9.80. The maximum Gasteiger partial charge on any atom is 0.228 e. The summed E-state index contributed by atoms with van der Waals surface area (Å²) in [5.41, 5.74) is 3.55. The van der Waals surface area contributed by atoms with E-state index in [4.69, 9.17) is 0 Å². The highest BCUT2D eigenvalue weighted by atomic mass is 19.2. The smallest absolute Gasteiger partial charge is 0.228 e. The Kier molecular flexibility index (Phi) is 5.67. The number of hydrogen-bond acceptors (Lipinski definition) is 4. The lowest BCUT2D eigenvalue weighted by Gasteiger charge is -2.25. The van der Waals surface area contributed by atoms with Crippen LogP contribution in [0, 0.1) is 29.4 Å². The van der Waals surface area contributed by atoms with Crippen LogP contribution in [0.15, 0.2) is 36.5 Å². The first-order valence-corrected chi connectivity index (χ1v) is 11.6. The van der Waals surface area contributed by atoms with Crippen LogP contribution >= 0.6 is 0 Å². The van der Waals surface area contributed by atoms with Crippen molar-refractivity contribution in [2.45, 2.75) is 39.5 Å². The number of benzene rings is 1. The Morgan fingerprint density at radius 3 is 2.62 bits per heavy atom. The maximum atomic E-state index is 13.9. The highest BCUT2D eigenvalue weighted by Crippen LogP contribution is 2.41. The number of anilines is 3. The molecule has 34 heavy (non-hydrogen) atoms. The van der Waals surface area contributed by atoms with Crippen LogP contribution < -0.4 is 10.6 Å². The van der Waals surface area contributed by atoms with Gasteiger partial charge in [-0.3, -0.25) is 9.59 Å². The predicted octanol–water partition coefficient (Wildman–Crippen LogP) is 5.85. The number of carbonyl (C=O) groups is 2. The van der Waals surface area contributed by atoms with Crippen molar-refractivity contribution in [2.75, 3.05) is 10.6 Å².